The molecule has 0 saturated heterocycles. The number of nitrogens with one attached hydrogen (secondary N) is 2. The van der Waals surface area contributed by atoms with E-state index in [2.05, 4.69) is 26.2 Å². The third-order valence-electron chi connectivity index (χ3n) is 3.25. The number of aromatic amines is 1. The number of anilines is 2. The predicted molar refractivity (Wildman–Crippen MR) is 89.5 cm³/mol. The molecule has 1 aromatic heterocycles. The SMILES string of the molecule is Cc1cc(Br)cc(NC(=O)c2c[nH]c3ccc(N)cc23)c1. The third kappa shape index (κ3) is 2.78. The van der Waals surface area contributed by atoms with Gasteiger partial charge in [-0.1, -0.05) is 15.9 Å². The first kappa shape index (κ1) is 13.7. The van der Waals surface area contributed by atoms with E-state index in [0.717, 1.165) is 26.6 Å². The summed E-state index contributed by atoms with van der Waals surface area (Å²) in [5.41, 5.74) is 9.72. The van der Waals surface area contributed by atoms with Crippen molar-refractivity contribution >= 4 is 44.1 Å². The maximum absolute atomic E-state index is 12.4. The van der Waals surface area contributed by atoms with E-state index in [1.165, 1.54) is 0 Å². The number of hydrogen-bond acceptors (Lipinski definition) is 2. The summed E-state index contributed by atoms with van der Waals surface area (Å²) in [7, 11) is 0. The second kappa shape index (κ2) is 5.26. The molecule has 21 heavy (non-hydrogen) atoms. The molecular formula is C16H14BrN3O. The Kier molecular flexibility index (Phi) is 3.43. The number of benzene rings is 2. The topological polar surface area (TPSA) is 70.9 Å². The van der Waals surface area contributed by atoms with Crippen LogP contribution in [0.15, 0.2) is 47.1 Å². The molecule has 4 N–H and O–H groups in total. The van der Waals surface area contributed by atoms with Gasteiger partial charge in [0, 0.05) is 32.9 Å². The van der Waals surface area contributed by atoms with E-state index in [1.807, 2.05) is 31.2 Å². The summed E-state index contributed by atoms with van der Waals surface area (Å²) in [5.74, 6) is -0.163. The Labute approximate surface area is 130 Å². The lowest BCUT2D eigenvalue weighted by Gasteiger charge is -2.06. The second-order valence-corrected chi connectivity index (χ2v) is 5.89. The number of hydrogen-bond donors (Lipinski definition) is 3. The van der Waals surface area contributed by atoms with Crippen molar-refractivity contribution in [1.82, 2.24) is 4.98 Å². The number of amides is 1. The lowest BCUT2D eigenvalue weighted by atomic mass is 10.1. The summed E-state index contributed by atoms with van der Waals surface area (Å²) in [6, 6.07) is 11.2. The van der Waals surface area contributed by atoms with Gasteiger partial charge in [0.25, 0.3) is 5.91 Å². The molecular weight excluding hydrogens is 330 g/mol. The van der Waals surface area contributed by atoms with Gasteiger partial charge < -0.3 is 16.0 Å². The molecule has 5 heteroatoms. The highest BCUT2D eigenvalue weighted by atomic mass is 79.9. The molecule has 0 bridgehead atoms. The van der Waals surface area contributed by atoms with Gasteiger partial charge in [0.2, 0.25) is 0 Å². The minimum Gasteiger partial charge on any atom is -0.399 e. The summed E-state index contributed by atoms with van der Waals surface area (Å²) in [4.78, 5) is 15.5. The van der Waals surface area contributed by atoms with E-state index in [4.69, 9.17) is 5.73 Å². The monoisotopic (exact) mass is 343 g/mol. The predicted octanol–water partition coefficient (Wildman–Crippen LogP) is 4.07. The molecule has 1 heterocycles. The van der Waals surface area contributed by atoms with E-state index >= 15 is 0 Å². The summed E-state index contributed by atoms with van der Waals surface area (Å²) in [6.07, 6.45) is 1.70. The van der Waals surface area contributed by atoms with Crippen LogP contribution in [0, 0.1) is 6.92 Å². The largest absolute Gasteiger partial charge is 0.399 e. The van der Waals surface area contributed by atoms with E-state index in [1.54, 1.807) is 18.3 Å². The third-order valence-corrected chi connectivity index (χ3v) is 3.71. The van der Waals surface area contributed by atoms with Crippen LogP contribution in [-0.4, -0.2) is 10.9 Å². The first-order valence-corrected chi connectivity index (χ1v) is 7.27. The minimum absolute atomic E-state index is 0.163. The molecule has 106 valence electrons. The number of nitrogens with two attached hydrogens (primary N) is 1. The van der Waals surface area contributed by atoms with Gasteiger partial charge in [-0.15, -0.1) is 0 Å². The highest BCUT2D eigenvalue weighted by molar-refractivity contribution is 9.10. The number of fused-ring (bicyclic) bond motifs is 1. The van der Waals surface area contributed by atoms with E-state index in [0.29, 0.717) is 11.3 Å². The lowest BCUT2D eigenvalue weighted by molar-refractivity contribution is 0.102. The van der Waals surface area contributed by atoms with Crippen molar-refractivity contribution in [3.63, 3.8) is 0 Å². The fraction of sp³-hybridized carbons (Fsp3) is 0.0625. The molecule has 0 fully saturated rings. The Morgan fingerprint density at radius 2 is 2.05 bits per heavy atom. The maximum Gasteiger partial charge on any atom is 0.257 e. The van der Waals surface area contributed by atoms with Crippen LogP contribution in [0.5, 0.6) is 0 Å². The average Bonchev–Trinajstić information content (AvgIpc) is 2.80. The standard InChI is InChI=1S/C16H14BrN3O/c1-9-4-10(17)6-12(5-9)20-16(21)14-8-19-15-3-2-11(18)7-13(14)15/h2-8,19H,18H2,1H3,(H,20,21). The van der Waals surface area contributed by atoms with E-state index in [-0.39, 0.29) is 5.91 Å². The van der Waals surface area contributed by atoms with Gasteiger partial charge in [-0.3, -0.25) is 4.79 Å². The number of carbonyl (C=O) groups is 1. The first-order valence-electron chi connectivity index (χ1n) is 6.48. The number of nitrogen functional groups attached to an aromatic ring is 1. The van der Waals surface area contributed by atoms with Crippen molar-refractivity contribution in [2.75, 3.05) is 11.1 Å². The minimum atomic E-state index is -0.163. The van der Waals surface area contributed by atoms with Crippen LogP contribution in [0.4, 0.5) is 11.4 Å². The summed E-state index contributed by atoms with van der Waals surface area (Å²) >= 11 is 3.43. The van der Waals surface area contributed by atoms with Gasteiger partial charge in [-0.25, -0.2) is 0 Å². The van der Waals surface area contributed by atoms with Gasteiger partial charge in [0.05, 0.1) is 5.56 Å². The number of aryl methyl sites for hydroxylation is 1. The zero-order chi connectivity index (χ0) is 15.0. The van der Waals surface area contributed by atoms with Crippen molar-refractivity contribution in [1.29, 1.82) is 0 Å². The van der Waals surface area contributed by atoms with Crippen LogP contribution in [0.25, 0.3) is 10.9 Å². The number of halogens is 1. The van der Waals surface area contributed by atoms with Gasteiger partial charge in [-0.05, 0) is 48.9 Å². The van der Waals surface area contributed by atoms with Gasteiger partial charge in [0.15, 0.2) is 0 Å². The normalized spacial score (nSPS) is 10.8. The molecule has 3 rings (SSSR count). The smallest absolute Gasteiger partial charge is 0.257 e. The van der Waals surface area contributed by atoms with Gasteiger partial charge in [0.1, 0.15) is 0 Å². The molecule has 0 spiro atoms. The van der Waals surface area contributed by atoms with Gasteiger partial charge in [-0.2, -0.15) is 0 Å². The lowest BCUT2D eigenvalue weighted by Crippen LogP contribution is -2.11. The van der Waals surface area contributed by atoms with E-state index in [9.17, 15) is 4.79 Å². The number of carbonyl (C=O) groups excluding carboxylic acids is 1. The maximum atomic E-state index is 12.4. The molecule has 0 atom stereocenters. The molecule has 0 aliphatic carbocycles. The highest BCUT2D eigenvalue weighted by Crippen LogP contribution is 2.23. The fourth-order valence-electron chi connectivity index (χ4n) is 2.33. The average molecular weight is 344 g/mol. The molecule has 3 aromatic rings. The summed E-state index contributed by atoms with van der Waals surface area (Å²) < 4.78 is 0.931. The molecule has 0 unspecified atom stereocenters. The van der Waals surface area contributed by atoms with Crippen molar-refractivity contribution in [2.24, 2.45) is 0 Å². The van der Waals surface area contributed by atoms with Gasteiger partial charge >= 0.3 is 0 Å². The summed E-state index contributed by atoms with van der Waals surface area (Å²) in [6.45, 7) is 1.98. The zero-order valence-corrected chi connectivity index (χ0v) is 13.0. The van der Waals surface area contributed by atoms with Crippen molar-refractivity contribution in [2.45, 2.75) is 6.92 Å². The van der Waals surface area contributed by atoms with Crippen LogP contribution in [-0.2, 0) is 0 Å². The Balaban J connectivity index is 1.95. The molecule has 2 aromatic carbocycles. The number of rotatable bonds is 2. The Bertz CT molecular complexity index is 818. The fourth-order valence-corrected chi connectivity index (χ4v) is 2.94. The molecule has 0 saturated carbocycles. The van der Waals surface area contributed by atoms with Crippen molar-refractivity contribution in [3.8, 4) is 0 Å². The van der Waals surface area contributed by atoms with Crippen LogP contribution in [0.2, 0.25) is 0 Å². The molecule has 0 aliphatic heterocycles. The Hall–Kier alpha value is -2.27. The van der Waals surface area contributed by atoms with Crippen LogP contribution < -0.4 is 11.1 Å². The Morgan fingerprint density at radius 1 is 1.24 bits per heavy atom. The molecule has 1 amide bonds. The van der Waals surface area contributed by atoms with Crippen molar-refractivity contribution < 1.29 is 4.79 Å². The van der Waals surface area contributed by atoms with E-state index < -0.39 is 0 Å². The van der Waals surface area contributed by atoms with Crippen LogP contribution in [0.3, 0.4) is 0 Å². The molecule has 0 radical (unpaired) electrons. The van der Waals surface area contributed by atoms with Crippen LogP contribution in [0.1, 0.15) is 15.9 Å². The highest BCUT2D eigenvalue weighted by Gasteiger charge is 2.12. The number of H-pyrrole nitrogens is 1. The quantitative estimate of drug-likeness (QED) is 0.613. The first-order chi connectivity index (χ1) is 10.0. The Morgan fingerprint density at radius 3 is 2.81 bits per heavy atom. The molecule has 4 nitrogen and oxygen atoms in total. The van der Waals surface area contributed by atoms with Crippen LogP contribution >= 0.6 is 15.9 Å². The zero-order valence-electron chi connectivity index (χ0n) is 11.4. The molecule has 0 aliphatic rings. The second-order valence-electron chi connectivity index (χ2n) is 4.98. The number of aromatic nitrogens is 1. The summed E-state index contributed by atoms with van der Waals surface area (Å²) in [5, 5.41) is 3.73. The van der Waals surface area contributed by atoms with Crippen molar-refractivity contribution in [3.05, 3.63) is 58.2 Å².